The van der Waals surface area contributed by atoms with Crippen LogP contribution >= 0.6 is 0 Å². The van der Waals surface area contributed by atoms with Crippen molar-refractivity contribution in [3.63, 3.8) is 0 Å². The molecule has 0 spiro atoms. The fourth-order valence-electron chi connectivity index (χ4n) is 1.53. The minimum Gasteiger partial charge on any atom is -0.390 e. The molecule has 0 aliphatic carbocycles. The van der Waals surface area contributed by atoms with E-state index >= 15 is 0 Å². The molecule has 95 valence electrons. The normalized spacial score (nSPS) is 9.90. The molecule has 4 heteroatoms. The van der Waals surface area contributed by atoms with Gasteiger partial charge in [-0.15, -0.1) is 0 Å². The van der Waals surface area contributed by atoms with Gasteiger partial charge in [-0.25, -0.2) is 0 Å². The largest absolute Gasteiger partial charge is 0.390 e. The number of hydrogen-bond donors (Lipinski definition) is 0. The van der Waals surface area contributed by atoms with Gasteiger partial charge in [0, 0.05) is 5.56 Å². The molecule has 0 saturated carbocycles. The molecule has 0 aliphatic heterocycles. The van der Waals surface area contributed by atoms with Crippen LogP contribution in [0.1, 0.15) is 22.3 Å². The van der Waals surface area contributed by atoms with Crippen LogP contribution in [0, 0.1) is 22.7 Å². The van der Waals surface area contributed by atoms with Crippen LogP contribution in [0.2, 0.25) is 0 Å². The zero-order valence-electron chi connectivity index (χ0n) is 10.6. The molecule has 0 N–H and O–H groups in total. The van der Waals surface area contributed by atoms with Gasteiger partial charge in [-0.3, -0.25) is 0 Å². The Bertz CT molecular complexity index is 691. The molecule has 1 radical (unpaired) electrons. The van der Waals surface area contributed by atoms with Gasteiger partial charge >= 0.3 is 0 Å². The van der Waals surface area contributed by atoms with E-state index in [0.29, 0.717) is 23.3 Å². The van der Waals surface area contributed by atoms with Gasteiger partial charge in [0.1, 0.15) is 12.8 Å². The molecule has 2 aromatic rings. The number of hydrogen-bond acceptors (Lipinski definition) is 4. The first-order valence-corrected chi connectivity index (χ1v) is 5.89. The summed E-state index contributed by atoms with van der Waals surface area (Å²) in [4.78, 5) is 5.12. The van der Waals surface area contributed by atoms with E-state index in [4.69, 9.17) is 15.4 Å². The van der Waals surface area contributed by atoms with E-state index < -0.39 is 0 Å². The molecule has 0 bridgehead atoms. The van der Waals surface area contributed by atoms with Crippen molar-refractivity contribution in [1.82, 2.24) is 0 Å². The third-order valence-electron chi connectivity index (χ3n) is 2.55. The second kappa shape index (κ2) is 6.72. The van der Waals surface area contributed by atoms with Crippen LogP contribution < -0.4 is 0 Å². The zero-order valence-corrected chi connectivity index (χ0v) is 10.6. The highest BCUT2D eigenvalue weighted by Crippen LogP contribution is 2.05. The summed E-state index contributed by atoms with van der Waals surface area (Å²) in [5.74, 6) is 0. The molecule has 20 heavy (non-hydrogen) atoms. The van der Waals surface area contributed by atoms with Crippen molar-refractivity contribution in [2.24, 2.45) is 5.16 Å². The molecule has 0 aliphatic rings. The Hall–Kier alpha value is -3.11. The maximum absolute atomic E-state index is 8.76. The summed E-state index contributed by atoms with van der Waals surface area (Å²) in [6, 6.07) is 18.1. The van der Waals surface area contributed by atoms with Gasteiger partial charge in [-0.2, -0.15) is 10.5 Å². The third-order valence-corrected chi connectivity index (χ3v) is 2.55. The van der Waals surface area contributed by atoms with Gasteiger partial charge < -0.3 is 4.84 Å². The number of benzene rings is 2. The summed E-state index contributed by atoms with van der Waals surface area (Å²) < 4.78 is 0. The van der Waals surface area contributed by atoms with Crippen molar-refractivity contribution in [2.75, 3.05) is 0 Å². The SMILES string of the molecule is N#Cc1ccc(CO/N=[C]\c2cccc(C#N)c2)cc1. The van der Waals surface area contributed by atoms with Crippen LogP contribution in [0.4, 0.5) is 0 Å². The molecule has 0 fully saturated rings. The van der Waals surface area contributed by atoms with Crippen molar-refractivity contribution in [3.8, 4) is 12.1 Å². The molecule has 0 heterocycles. The van der Waals surface area contributed by atoms with Crippen LogP contribution in [-0.4, -0.2) is 6.21 Å². The average molecular weight is 260 g/mol. The second-order valence-electron chi connectivity index (χ2n) is 3.98. The molecule has 0 saturated heterocycles. The van der Waals surface area contributed by atoms with Crippen molar-refractivity contribution in [1.29, 1.82) is 10.5 Å². The van der Waals surface area contributed by atoms with Gasteiger partial charge in [0.15, 0.2) is 0 Å². The Kier molecular flexibility index (Phi) is 4.48. The Morgan fingerprint density at radius 1 is 0.900 bits per heavy atom. The smallest absolute Gasteiger partial charge is 0.142 e. The first-order chi connectivity index (χ1) is 9.81. The quantitative estimate of drug-likeness (QED) is 0.627. The minimum atomic E-state index is 0.302. The maximum atomic E-state index is 8.76. The summed E-state index contributed by atoms with van der Waals surface area (Å²) in [7, 11) is 0. The lowest BCUT2D eigenvalue weighted by atomic mass is 10.1. The minimum absolute atomic E-state index is 0.302. The van der Waals surface area contributed by atoms with E-state index in [1.165, 1.54) is 0 Å². The lowest BCUT2D eigenvalue weighted by Crippen LogP contribution is -1.89. The number of nitriles is 2. The fourth-order valence-corrected chi connectivity index (χ4v) is 1.53. The Morgan fingerprint density at radius 2 is 1.60 bits per heavy atom. The van der Waals surface area contributed by atoms with Crippen LogP contribution in [-0.2, 0) is 11.4 Å². The molecule has 0 aromatic heterocycles. The molecule has 2 aromatic carbocycles. The average Bonchev–Trinajstić information content (AvgIpc) is 2.52. The van der Waals surface area contributed by atoms with Gasteiger partial charge in [0.2, 0.25) is 0 Å². The summed E-state index contributed by atoms with van der Waals surface area (Å²) in [5.41, 5.74) is 2.76. The number of rotatable bonds is 4. The second-order valence-corrected chi connectivity index (χ2v) is 3.98. The van der Waals surface area contributed by atoms with Crippen LogP contribution in [0.15, 0.2) is 53.7 Å². The van der Waals surface area contributed by atoms with Crippen molar-refractivity contribution in [3.05, 3.63) is 70.8 Å². The molecular weight excluding hydrogens is 250 g/mol. The van der Waals surface area contributed by atoms with E-state index in [2.05, 4.69) is 17.4 Å². The van der Waals surface area contributed by atoms with Crippen molar-refractivity contribution >= 4 is 6.21 Å². The molecule has 2 rings (SSSR count). The van der Waals surface area contributed by atoms with Gasteiger partial charge in [-0.05, 0) is 29.8 Å². The Morgan fingerprint density at radius 3 is 2.30 bits per heavy atom. The predicted molar refractivity (Wildman–Crippen MR) is 73.6 cm³/mol. The molecular formula is C16H10N3O. The zero-order chi connectivity index (χ0) is 14.2. The van der Waals surface area contributed by atoms with E-state index in [0.717, 1.165) is 5.56 Å². The van der Waals surface area contributed by atoms with Crippen LogP contribution in [0.25, 0.3) is 0 Å². The summed E-state index contributed by atoms with van der Waals surface area (Å²) in [5, 5.41) is 21.2. The molecule has 0 unspecified atom stereocenters. The lowest BCUT2D eigenvalue weighted by Gasteiger charge is -1.99. The van der Waals surface area contributed by atoms with Crippen LogP contribution in [0.3, 0.4) is 0 Å². The van der Waals surface area contributed by atoms with E-state index in [1.54, 1.807) is 36.4 Å². The monoisotopic (exact) mass is 260 g/mol. The fraction of sp³-hybridized carbons (Fsp3) is 0.0625. The summed E-state index contributed by atoms with van der Waals surface area (Å²) in [6.07, 6.45) is 2.71. The van der Waals surface area contributed by atoms with Crippen molar-refractivity contribution < 1.29 is 4.84 Å². The standard InChI is InChI=1S/C16H10N3O/c17-9-13-4-6-14(7-5-13)12-20-19-11-16-3-1-2-15(8-16)10-18/h1-8H,12H2. The predicted octanol–water partition coefficient (Wildman–Crippen LogP) is 2.86. The van der Waals surface area contributed by atoms with Crippen molar-refractivity contribution in [2.45, 2.75) is 6.61 Å². The van der Waals surface area contributed by atoms with E-state index in [1.807, 2.05) is 18.2 Å². The topological polar surface area (TPSA) is 69.2 Å². The highest BCUT2D eigenvalue weighted by molar-refractivity contribution is 5.79. The molecule has 0 atom stereocenters. The summed E-state index contributed by atoms with van der Waals surface area (Å²) >= 11 is 0. The molecule has 0 amide bonds. The first kappa shape index (κ1) is 13.3. The maximum Gasteiger partial charge on any atom is 0.142 e. The molecule has 4 nitrogen and oxygen atoms in total. The van der Waals surface area contributed by atoms with E-state index in [-0.39, 0.29) is 0 Å². The van der Waals surface area contributed by atoms with Crippen LogP contribution in [0.5, 0.6) is 0 Å². The number of nitrogens with zero attached hydrogens (tertiary/aromatic N) is 3. The van der Waals surface area contributed by atoms with E-state index in [9.17, 15) is 0 Å². The first-order valence-electron chi connectivity index (χ1n) is 5.89. The van der Waals surface area contributed by atoms with Gasteiger partial charge in [0.05, 0.1) is 23.3 Å². The lowest BCUT2D eigenvalue weighted by molar-refractivity contribution is 0.132. The third kappa shape index (κ3) is 3.69. The van der Waals surface area contributed by atoms with Gasteiger partial charge in [0.25, 0.3) is 0 Å². The Balaban J connectivity index is 1.90. The Labute approximate surface area is 117 Å². The van der Waals surface area contributed by atoms with Gasteiger partial charge in [-0.1, -0.05) is 29.4 Å². The highest BCUT2D eigenvalue weighted by Gasteiger charge is 1.95. The summed E-state index contributed by atoms with van der Waals surface area (Å²) in [6.45, 7) is 0.302. The highest BCUT2D eigenvalue weighted by atomic mass is 16.6.